The SMILES string of the molecule is C=C(C)C(=O)OCC(=O)C(C1COC2(CCCC2)O1)C1COC2(CCCC2)O1. The Balaban J connectivity index is 1.47. The van der Waals surface area contributed by atoms with E-state index in [1.807, 2.05) is 0 Å². The van der Waals surface area contributed by atoms with E-state index in [0.717, 1.165) is 51.4 Å². The van der Waals surface area contributed by atoms with Gasteiger partial charge in [-0.2, -0.15) is 0 Å². The van der Waals surface area contributed by atoms with E-state index in [2.05, 4.69) is 6.58 Å². The number of carbonyl (C=O) groups is 2. The number of ether oxygens (including phenoxy) is 5. The summed E-state index contributed by atoms with van der Waals surface area (Å²) in [5.74, 6) is -2.51. The smallest absolute Gasteiger partial charge is 0.333 e. The van der Waals surface area contributed by atoms with Crippen LogP contribution in [0.1, 0.15) is 58.3 Å². The van der Waals surface area contributed by atoms with Crippen LogP contribution in [-0.2, 0) is 33.3 Å². The number of hydrogen-bond acceptors (Lipinski definition) is 7. The molecule has 4 rings (SSSR count). The second-order valence-corrected chi connectivity index (χ2v) is 8.52. The summed E-state index contributed by atoms with van der Waals surface area (Å²) in [4.78, 5) is 24.8. The predicted octanol–water partition coefficient (Wildman–Crippen LogP) is 2.66. The highest BCUT2D eigenvalue weighted by Gasteiger charge is 2.54. The fourth-order valence-electron chi connectivity index (χ4n) is 4.87. The van der Waals surface area contributed by atoms with Gasteiger partial charge in [0.25, 0.3) is 0 Å². The zero-order chi connectivity index (χ0) is 19.8. The van der Waals surface area contributed by atoms with E-state index in [1.54, 1.807) is 6.92 Å². The van der Waals surface area contributed by atoms with Gasteiger partial charge in [-0.05, 0) is 32.6 Å². The molecule has 2 saturated heterocycles. The van der Waals surface area contributed by atoms with Gasteiger partial charge >= 0.3 is 5.97 Å². The van der Waals surface area contributed by atoms with Crippen molar-refractivity contribution in [3.8, 4) is 0 Å². The third-order valence-corrected chi connectivity index (χ3v) is 6.35. The van der Waals surface area contributed by atoms with Crippen LogP contribution in [0.25, 0.3) is 0 Å². The second kappa shape index (κ2) is 7.86. The maximum atomic E-state index is 13.1. The first kappa shape index (κ1) is 20.0. The molecule has 0 radical (unpaired) electrons. The molecule has 2 heterocycles. The summed E-state index contributed by atoms with van der Waals surface area (Å²) in [6, 6.07) is 0. The van der Waals surface area contributed by atoms with Gasteiger partial charge in [0.1, 0.15) is 0 Å². The molecular formula is C21H30O7. The van der Waals surface area contributed by atoms with Crippen LogP contribution in [0.2, 0.25) is 0 Å². The van der Waals surface area contributed by atoms with E-state index in [0.29, 0.717) is 13.2 Å². The van der Waals surface area contributed by atoms with Gasteiger partial charge in [0.05, 0.1) is 31.3 Å². The summed E-state index contributed by atoms with van der Waals surface area (Å²) in [7, 11) is 0. The van der Waals surface area contributed by atoms with Crippen molar-refractivity contribution in [2.75, 3.05) is 19.8 Å². The van der Waals surface area contributed by atoms with Gasteiger partial charge in [-0.1, -0.05) is 6.58 Å². The molecular weight excluding hydrogens is 364 g/mol. The highest BCUT2D eigenvalue weighted by molar-refractivity contribution is 5.90. The number of ketones is 1. The Labute approximate surface area is 165 Å². The summed E-state index contributed by atoms with van der Waals surface area (Å²) in [5.41, 5.74) is 0.264. The van der Waals surface area contributed by atoms with Gasteiger partial charge in [-0.15, -0.1) is 0 Å². The van der Waals surface area contributed by atoms with Crippen molar-refractivity contribution in [2.45, 2.75) is 82.1 Å². The van der Waals surface area contributed by atoms with Crippen LogP contribution in [0.5, 0.6) is 0 Å². The third-order valence-electron chi connectivity index (χ3n) is 6.35. The van der Waals surface area contributed by atoms with Crippen molar-refractivity contribution in [2.24, 2.45) is 5.92 Å². The van der Waals surface area contributed by atoms with Crippen molar-refractivity contribution >= 4 is 11.8 Å². The van der Waals surface area contributed by atoms with E-state index in [4.69, 9.17) is 23.7 Å². The zero-order valence-electron chi connectivity index (χ0n) is 16.6. The molecule has 2 unspecified atom stereocenters. The Kier molecular flexibility index (Phi) is 5.62. The molecule has 2 spiro atoms. The number of Topliss-reactive ketones (excluding diaryl/α,β-unsaturated/α-hetero) is 1. The van der Waals surface area contributed by atoms with E-state index >= 15 is 0 Å². The highest BCUT2D eigenvalue weighted by Crippen LogP contribution is 2.45. The molecule has 7 heteroatoms. The molecule has 0 N–H and O–H groups in total. The van der Waals surface area contributed by atoms with Crippen molar-refractivity contribution in [3.63, 3.8) is 0 Å². The minimum absolute atomic E-state index is 0.220. The normalized spacial score (nSPS) is 31.5. The van der Waals surface area contributed by atoms with Gasteiger partial charge in [-0.25, -0.2) is 4.79 Å². The molecule has 7 nitrogen and oxygen atoms in total. The van der Waals surface area contributed by atoms with Crippen molar-refractivity contribution in [1.82, 2.24) is 0 Å². The number of rotatable bonds is 6. The summed E-state index contributed by atoms with van der Waals surface area (Å²) >= 11 is 0. The van der Waals surface area contributed by atoms with Crippen molar-refractivity contribution in [1.29, 1.82) is 0 Å². The Morgan fingerprint density at radius 2 is 1.43 bits per heavy atom. The molecule has 156 valence electrons. The standard InChI is InChI=1S/C21H30O7/c1-14(2)19(23)24-11-15(22)18(16-12-25-20(27-16)7-3-4-8-20)17-13-26-21(28-17)9-5-6-10-21/h16-18H,1,3-13H2,2H3. The summed E-state index contributed by atoms with van der Waals surface area (Å²) < 4.78 is 29.7. The number of carbonyl (C=O) groups excluding carboxylic acids is 2. The number of hydrogen-bond donors (Lipinski definition) is 0. The lowest BCUT2D eigenvalue weighted by Gasteiger charge is -2.29. The van der Waals surface area contributed by atoms with Crippen molar-refractivity contribution < 1.29 is 33.3 Å². The maximum absolute atomic E-state index is 13.1. The Hall–Kier alpha value is -1.28. The molecule has 2 aliphatic carbocycles. The fourth-order valence-corrected chi connectivity index (χ4v) is 4.87. The first-order valence-electron chi connectivity index (χ1n) is 10.4. The molecule has 0 amide bonds. The van der Waals surface area contributed by atoms with Gasteiger partial charge < -0.3 is 23.7 Å². The number of esters is 1. The third kappa shape index (κ3) is 3.90. The maximum Gasteiger partial charge on any atom is 0.333 e. The topological polar surface area (TPSA) is 80.3 Å². The molecule has 0 aromatic rings. The fraction of sp³-hybridized carbons (Fsp3) is 0.810. The molecule has 4 aliphatic rings. The van der Waals surface area contributed by atoms with Crippen LogP contribution >= 0.6 is 0 Å². The summed E-state index contributed by atoms with van der Waals surface area (Å²) in [6.45, 7) is 5.48. The van der Waals surface area contributed by atoms with Crippen LogP contribution in [-0.4, -0.2) is 55.4 Å². The molecule has 28 heavy (non-hydrogen) atoms. The lowest BCUT2D eigenvalue weighted by molar-refractivity contribution is -0.188. The summed E-state index contributed by atoms with van der Waals surface area (Å²) in [6.07, 6.45) is 6.81. The molecule has 4 fully saturated rings. The highest BCUT2D eigenvalue weighted by atomic mass is 16.8. The lowest BCUT2D eigenvalue weighted by Crippen LogP contribution is -2.44. The van der Waals surface area contributed by atoms with Gasteiger partial charge in [0.2, 0.25) is 0 Å². The average Bonchev–Trinajstić information content (AvgIpc) is 3.46. The van der Waals surface area contributed by atoms with Crippen LogP contribution in [0.4, 0.5) is 0 Å². The van der Waals surface area contributed by atoms with Crippen LogP contribution in [0.15, 0.2) is 12.2 Å². The monoisotopic (exact) mass is 394 g/mol. The minimum atomic E-state index is -0.585. The molecule has 2 aliphatic heterocycles. The molecule has 0 aromatic carbocycles. The summed E-state index contributed by atoms with van der Waals surface area (Å²) in [5, 5.41) is 0. The zero-order valence-corrected chi connectivity index (χ0v) is 16.6. The average molecular weight is 394 g/mol. The quantitative estimate of drug-likeness (QED) is 0.506. The van der Waals surface area contributed by atoms with Crippen LogP contribution in [0, 0.1) is 5.92 Å². The molecule has 0 bridgehead atoms. The van der Waals surface area contributed by atoms with Crippen LogP contribution in [0.3, 0.4) is 0 Å². The molecule has 2 saturated carbocycles. The Morgan fingerprint density at radius 3 is 1.86 bits per heavy atom. The lowest BCUT2D eigenvalue weighted by atomic mass is 9.92. The van der Waals surface area contributed by atoms with Crippen molar-refractivity contribution in [3.05, 3.63) is 12.2 Å². The predicted molar refractivity (Wildman–Crippen MR) is 98.3 cm³/mol. The first-order chi connectivity index (χ1) is 13.4. The molecule has 0 aromatic heterocycles. The van der Waals surface area contributed by atoms with E-state index in [1.165, 1.54) is 0 Å². The Morgan fingerprint density at radius 1 is 0.964 bits per heavy atom. The van der Waals surface area contributed by atoms with Gasteiger partial charge in [0.15, 0.2) is 24.0 Å². The minimum Gasteiger partial charge on any atom is -0.454 e. The van der Waals surface area contributed by atoms with Gasteiger partial charge in [0, 0.05) is 31.3 Å². The Bertz CT molecular complexity index is 597. The van der Waals surface area contributed by atoms with E-state index in [-0.39, 0.29) is 18.0 Å². The van der Waals surface area contributed by atoms with Gasteiger partial charge in [-0.3, -0.25) is 4.79 Å². The van der Waals surface area contributed by atoms with E-state index < -0.39 is 35.7 Å². The second-order valence-electron chi connectivity index (χ2n) is 8.52. The van der Waals surface area contributed by atoms with E-state index in [9.17, 15) is 9.59 Å². The first-order valence-corrected chi connectivity index (χ1v) is 10.4. The molecule has 2 atom stereocenters. The van der Waals surface area contributed by atoms with Crippen LogP contribution < -0.4 is 0 Å². The largest absolute Gasteiger partial charge is 0.454 e.